The van der Waals surface area contributed by atoms with E-state index in [2.05, 4.69) is 30.3 Å². The summed E-state index contributed by atoms with van der Waals surface area (Å²) in [5, 5.41) is 7.20. The van der Waals surface area contributed by atoms with E-state index in [9.17, 15) is 4.79 Å². The number of halogens is 1. The number of rotatable bonds is 5. The first kappa shape index (κ1) is 27.7. The van der Waals surface area contributed by atoms with Crippen LogP contribution in [-0.4, -0.2) is 71.3 Å². The van der Waals surface area contributed by atoms with E-state index in [1.807, 2.05) is 37.8 Å². The highest BCUT2D eigenvalue weighted by molar-refractivity contribution is 5.88. The smallest absolute Gasteiger partial charge is 0.410 e. The van der Waals surface area contributed by atoms with Crippen molar-refractivity contribution < 1.29 is 18.7 Å². The minimum absolute atomic E-state index is 0.0433. The second kappa shape index (κ2) is 10.6. The van der Waals surface area contributed by atoms with Gasteiger partial charge in [0, 0.05) is 37.0 Å². The van der Waals surface area contributed by atoms with Gasteiger partial charge in [-0.2, -0.15) is 5.10 Å². The molecule has 2 bridgehead atoms. The highest BCUT2D eigenvalue weighted by Crippen LogP contribution is 2.36. The van der Waals surface area contributed by atoms with Crippen molar-refractivity contribution in [2.45, 2.75) is 58.2 Å². The molecule has 0 saturated carbocycles. The van der Waals surface area contributed by atoms with Crippen molar-refractivity contribution in [3.63, 3.8) is 0 Å². The predicted octanol–water partition coefficient (Wildman–Crippen LogP) is 5.64. The molecule has 12 nitrogen and oxygen atoms in total. The largest absolute Gasteiger partial charge is 0.457 e. The summed E-state index contributed by atoms with van der Waals surface area (Å²) >= 11 is 0. The maximum absolute atomic E-state index is 15.6. The third-order valence-corrected chi connectivity index (χ3v) is 8.00. The van der Waals surface area contributed by atoms with E-state index in [0.29, 0.717) is 52.7 Å². The Hall–Kier alpha value is -5.07. The lowest BCUT2D eigenvalue weighted by Crippen LogP contribution is -2.46. The Morgan fingerprint density at radius 1 is 1.07 bits per heavy atom. The summed E-state index contributed by atoms with van der Waals surface area (Å²) in [7, 11) is 0. The molecule has 44 heavy (non-hydrogen) atoms. The highest BCUT2D eigenvalue weighted by atomic mass is 19.1. The fraction of sp³-hybridized carbons (Fsp3) is 0.355. The topological polar surface area (TPSA) is 123 Å². The number of hydrogen-bond acceptors (Lipinski definition) is 10. The molecule has 1 amide bonds. The lowest BCUT2D eigenvalue weighted by molar-refractivity contribution is 0.0142. The van der Waals surface area contributed by atoms with Gasteiger partial charge >= 0.3 is 6.09 Å². The molecule has 7 rings (SSSR count). The number of nitrogens with zero attached hydrogens (tertiary/aromatic N) is 8. The van der Waals surface area contributed by atoms with Gasteiger partial charge in [0.2, 0.25) is 0 Å². The normalized spacial score (nSPS) is 18.2. The molecule has 2 aliphatic rings. The molecule has 2 saturated heterocycles. The van der Waals surface area contributed by atoms with E-state index in [0.717, 1.165) is 18.7 Å². The van der Waals surface area contributed by atoms with Crippen LogP contribution >= 0.6 is 0 Å². The Labute approximate surface area is 252 Å². The number of fused-ring (bicyclic) bond motifs is 4. The summed E-state index contributed by atoms with van der Waals surface area (Å²) in [5.74, 6) is 1.58. The number of amides is 1. The van der Waals surface area contributed by atoms with Gasteiger partial charge in [0.25, 0.3) is 0 Å². The van der Waals surface area contributed by atoms with Crippen LogP contribution in [0.3, 0.4) is 0 Å². The molecule has 0 aliphatic carbocycles. The molecule has 0 radical (unpaired) electrons. The van der Waals surface area contributed by atoms with Crippen molar-refractivity contribution in [1.29, 1.82) is 0 Å². The quantitative estimate of drug-likeness (QED) is 0.272. The molecule has 2 fully saturated rings. The van der Waals surface area contributed by atoms with Gasteiger partial charge in [-0.25, -0.2) is 33.6 Å². The van der Waals surface area contributed by atoms with Gasteiger partial charge in [0.15, 0.2) is 17.3 Å². The number of ether oxygens (including phenoxy) is 2. The van der Waals surface area contributed by atoms with Gasteiger partial charge in [0.1, 0.15) is 41.1 Å². The van der Waals surface area contributed by atoms with Gasteiger partial charge in [-0.1, -0.05) is 0 Å². The van der Waals surface area contributed by atoms with Crippen LogP contribution in [0.15, 0.2) is 55.2 Å². The lowest BCUT2D eigenvalue weighted by atomic mass is 10.0. The number of anilines is 3. The van der Waals surface area contributed by atoms with Crippen LogP contribution in [0.5, 0.6) is 11.5 Å². The Kier molecular flexibility index (Phi) is 6.67. The summed E-state index contributed by atoms with van der Waals surface area (Å²) in [4.78, 5) is 34.8. The number of pyridine rings is 2. The number of hydrogen-bond donors (Lipinski definition) is 1. The average Bonchev–Trinajstić information content (AvgIpc) is 3.59. The van der Waals surface area contributed by atoms with Crippen molar-refractivity contribution in [2.75, 3.05) is 23.3 Å². The van der Waals surface area contributed by atoms with E-state index < -0.39 is 11.4 Å². The van der Waals surface area contributed by atoms with E-state index >= 15 is 4.39 Å². The van der Waals surface area contributed by atoms with Crippen molar-refractivity contribution in [3.05, 3.63) is 66.6 Å². The minimum Gasteiger partial charge on any atom is -0.457 e. The van der Waals surface area contributed by atoms with Crippen LogP contribution in [0.25, 0.3) is 16.7 Å². The zero-order chi connectivity index (χ0) is 30.6. The molecule has 4 aromatic heterocycles. The van der Waals surface area contributed by atoms with Crippen LogP contribution in [0.2, 0.25) is 0 Å². The second-order valence-corrected chi connectivity index (χ2v) is 12.1. The number of piperidine rings is 1. The first-order valence-electron chi connectivity index (χ1n) is 14.5. The maximum atomic E-state index is 15.6. The highest BCUT2D eigenvalue weighted by Gasteiger charge is 2.43. The molecule has 0 unspecified atom stereocenters. The summed E-state index contributed by atoms with van der Waals surface area (Å²) in [6, 6.07) is 10.9. The summed E-state index contributed by atoms with van der Waals surface area (Å²) < 4.78 is 28.9. The van der Waals surface area contributed by atoms with Crippen LogP contribution in [0.4, 0.5) is 26.5 Å². The number of likely N-dealkylation sites (tertiary alicyclic amines) is 1. The van der Waals surface area contributed by atoms with Crippen LogP contribution in [0.1, 0.15) is 39.2 Å². The number of aromatic nitrogens is 6. The van der Waals surface area contributed by atoms with Gasteiger partial charge in [-0.05, 0) is 70.9 Å². The molecular weight excluding hydrogens is 565 g/mol. The predicted molar refractivity (Wildman–Crippen MR) is 162 cm³/mol. The van der Waals surface area contributed by atoms with Gasteiger partial charge in [-0.3, -0.25) is 0 Å². The van der Waals surface area contributed by atoms with Crippen molar-refractivity contribution in [1.82, 2.24) is 34.4 Å². The Morgan fingerprint density at radius 2 is 1.93 bits per heavy atom. The third-order valence-electron chi connectivity index (χ3n) is 8.00. The zero-order valence-corrected chi connectivity index (χ0v) is 24.9. The average molecular weight is 598 g/mol. The summed E-state index contributed by atoms with van der Waals surface area (Å²) in [5.41, 5.74) is 1.80. The Morgan fingerprint density at radius 3 is 2.77 bits per heavy atom. The molecule has 1 N–H and O–H groups in total. The van der Waals surface area contributed by atoms with Crippen LogP contribution in [-0.2, 0) is 4.74 Å². The molecule has 2 atom stereocenters. The van der Waals surface area contributed by atoms with Gasteiger partial charge in [-0.15, -0.1) is 0 Å². The molecule has 1 aromatic carbocycles. The Balaban J connectivity index is 1.12. The monoisotopic (exact) mass is 597 g/mol. The zero-order valence-electron chi connectivity index (χ0n) is 24.9. The van der Waals surface area contributed by atoms with Crippen molar-refractivity contribution >= 4 is 40.1 Å². The fourth-order valence-corrected chi connectivity index (χ4v) is 5.87. The first-order chi connectivity index (χ1) is 21.1. The fourth-order valence-electron chi connectivity index (χ4n) is 5.87. The minimum atomic E-state index is -0.547. The number of nitrogens with one attached hydrogen (secondary N) is 1. The number of benzene rings is 1. The van der Waals surface area contributed by atoms with Crippen molar-refractivity contribution in [2.24, 2.45) is 0 Å². The van der Waals surface area contributed by atoms with Crippen molar-refractivity contribution in [3.8, 4) is 11.5 Å². The van der Waals surface area contributed by atoms with Crippen LogP contribution < -0.4 is 15.0 Å². The van der Waals surface area contributed by atoms with E-state index in [1.165, 1.54) is 12.7 Å². The summed E-state index contributed by atoms with van der Waals surface area (Å²) in [6.07, 6.45) is 6.00. The van der Waals surface area contributed by atoms with E-state index in [1.54, 1.807) is 41.9 Å². The van der Waals surface area contributed by atoms with Gasteiger partial charge < -0.3 is 24.6 Å². The first-order valence-corrected chi connectivity index (χ1v) is 14.5. The third kappa shape index (κ3) is 5.18. The number of carbonyl (C=O) groups excluding carboxylic acids is 1. The molecule has 6 heterocycles. The summed E-state index contributed by atoms with van der Waals surface area (Å²) in [6.45, 7) is 8.58. The second-order valence-electron chi connectivity index (χ2n) is 12.1. The maximum Gasteiger partial charge on any atom is 0.410 e. The molecule has 13 heteroatoms. The molecule has 2 aliphatic heterocycles. The molecule has 226 valence electrons. The van der Waals surface area contributed by atoms with Crippen LogP contribution in [0, 0.1) is 12.7 Å². The lowest BCUT2D eigenvalue weighted by Gasteiger charge is -2.34. The van der Waals surface area contributed by atoms with Gasteiger partial charge in [0.05, 0.1) is 17.2 Å². The molecular formula is C31H32FN9O3. The SMILES string of the molecule is Cc1c(Oc2ccn3ncnc3c2)ccc(Nc2ncnc3ccc(N4C[C@@H]5C[C@H]4CCN5C(=O)OC(C)(C)C)nc23)c1F. The molecule has 0 spiro atoms. The van der Waals surface area contributed by atoms with E-state index in [-0.39, 0.29) is 23.9 Å². The number of carbonyl (C=O) groups is 1. The Bertz CT molecular complexity index is 1890. The van der Waals surface area contributed by atoms with E-state index in [4.69, 9.17) is 14.5 Å². The standard InChI is InChI=1S/C31H32FN9O3/c1-18-24(43-21-10-12-41-26(14-21)34-17-36-41)7-5-22(27(18)32)37-29-28-23(33-16-35-29)6-8-25(38-28)40-15-20-13-19(40)9-11-39(20)30(42)44-31(2,3)4/h5-8,10,12,14,16-17,19-20H,9,11,13,15H2,1-4H3,(H,33,35,37)/t19-,20+/m1/s1. The molecule has 5 aromatic rings.